The summed E-state index contributed by atoms with van der Waals surface area (Å²) in [5.74, 6) is 0.528. The van der Waals surface area contributed by atoms with Crippen molar-refractivity contribution in [3.63, 3.8) is 0 Å². The molecule has 0 aliphatic carbocycles. The highest BCUT2D eigenvalue weighted by molar-refractivity contribution is 14.1. The van der Waals surface area contributed by atoms with Gasteiger partial charge in [0.25, 0.3) is 0 Å². The molecule has 2 aromatic carbocycles. The van der Waals surface area contributed by atoms with Gasteiger partial charge in [0.05, 0.1) is 16.7 Å². The van der Waals surface area contributed by atoms with Gasteiger partial charge in [0.15, 0.2) is 0 Å². The second-order valence-corrected chi connectivity index (χ2v) is 5.41. The number of anilines is 1. The average molecular weight is 349 g/mol. The second-order valence-electron chi connectivity index (χ2n) is 4.25. The van der Waals surface area contributed by atoms with E-state index in [1.165, 1.54) is 5.56 Å². The molecule has 90 valence electrons. The lowest BCUT2D eigenvalue weighted by Crippen LogP contribution is -2.02. The van der Waals surface area contributed by atoms with Crippen LogP contribution >= 0.6 is 22.6 Å². The maximum atomic E-state index is 6.05. The molecular weight excluding hydrogens is 337 g/mol. The van der Waals surface area contributed by atoms with Gasteiger partial charge in [0.1, 0.15) is 0 Å². The number of benzene rings is 2. The molecule has 0 aliphatic rings. The molecule has 0 amide bonds. The topological polar surface area (TPSA) is 43.8 Å². The Morgan fingerprint density at radius 3 is 2.72 bits per heavy atom. The predicted octanol–water partition coefficient (Wildman–Crippen LogP) is 3.52. The molecule has 2 N–H and O–H groups in total. The number of para-hydroxylation sites is 1. The first-order valence-corrected chi connectivity index (χ1v) is 6.74. The number of fused-ring (bicyclic) bond motifs is 1. The number of hydrogen-bond donors (Lipinski definition) is 1. The van der Waals surface area contributed by atoms with Crippen LogP contribution in [0.5, 0.6) is 0 Å². The van der Waals surface area contributed by atoms with Crippen LogP contribution in [0.1, 0.15) is 5.56 Å². The number of hydrogen-bond acceptors (Lipinski definition) is 2. The number of rotatable bonds is 1. The van der Waals surface area contributed by atoms with Gasteiger partial charge >= 0.3 is 0 Å². The molecule has 18 heavy (non-hydrogen) atoms. The molecule has 3 nitrogen and oxygen atoms in total. The maximum Gasteiger partial charge on any atom is 0.205 e. The molecule has 4 heteroatoms. The van der Waals surface area contributed by atoms with E-state index in [1.54, 1.807) is 0 Å². The van der Waals surface area contributed by atoms with Crippen LogP contribution in [0.2, 0.25) is 0 Å². The fraction of sp³-hybridized carbons (Fsp3) is 0.0714. The number of nitrogen functional groups attached to an aromatic ring is 1. The fourth-order valence-corrected chi connectivity index (χ4v) is 2.72. The van der Waals surface area contributed by atoms with Crippen molar-refractivity contribution in [2.45, 2.75) is 6.92 Å². The summed E-state index contributed by atoms with van der Waals surface area (Å²) in [6.07, 6.45) is 0. The van der Waals surface area contributed by atoms with Crippen LogP contribution in [0.4, 0.5) is 5.95 Å². The molecule has 0 saturated carbocycles. The Morgan fingerprint density at radius 1 is 1.17 bits per heavy atom. The van der Waals surface area contributed by atoms with Crippen molar-refractivity contribution < 1.29 is 0 Å². The smallest absolute Gasteiger partial charge is 0.205 e. The highest BCUT2D eigenvalue weighted by Crippen LogP contribution is 2.26. The lowest BCUT2D eigenvalue weighted by atomic mass is 10.2. The lowest BCUT2D eigenvalue weighted by molar-refractivity contribution is 1.10. The number of imidazole rings is 1. The summed E-state index contributed by atoms with van der Waals surface area (Å²) >= 11 is 2.32. The Labute approximate surface area is 119 Å². The van der Waals surface area contributed by atoms with Crippen LogP contribution in [0.3, 0.4) is 0 Å². The third-order valence-electron chi connectivity index (χ3n) is 2.93. The second kappa shape index (κ2) is 4.28. The number of nitrogens with zero attached hydrogens (tertiary/aromatic N) is 2. The summed E-state index contributed by atoms with van der Waals surface area (Å²) in [4.78, 5) is 4.41. The van der Waals surface area contributed by atoms with E-state index in [9.17, 15) is 0 Å². The zero-order valence-corrected chi connectivity index (χ0v) is 12.0. The van der Waals surface area contributed by atoms with Crippen molar-refractivity contribution in [2.75, 3.05) is 5.73 Å². The van der Waals surface area contributed by atoms with Gasteiger partial charge in [-0.3, -0.25) is 4.57 Å². The Kier molecular flexibility index (Phi) is 2.74. The molecule has 3 aromatic rings. The Bertz CT molecular complexity index is 731. The normalized spacial score (nSPS) is 11.0. The largest absolute Gasteiger partial charge is 0.369 e. The Morgan fingerprint density at radius 2 is 1.94 bits per heavy atom. The molecule has 1 heterocycles. The van der Waals surface area contributed by atoms with E-state index < -0.39 is 0 Å². The zero-order valence-electron chi connectivity index (χ0n) is 9.89. The highest BCUT2D eigenvalue weighted by atomic mass is 127. The molecule has 0 radical (unpaired) electrons. The molecule has 1 aromatic heterocycles. The van der Waals surface area contributed by atoms with E-state index in [2.05, 4.69) is 58.8 Å². The first kappa shape index (κ1) is 11.5. The molecule has 0 bridgehead atoms. The first-order valence-electron chi connectivity index (χ1n) is 5.66. The molecule has 0 saturated heterocycles. The number of aryl methyl sites for hydroxylation is 1. The number of aromatic nitrogens is 2. The minimum absolute atomic E-state index is 0.528. The Hall–Kier alpha value is -1.56. The van der Waals surface area contributed by atoms with Crippen molar-refractivity contribution >= 4 is 39.6 Å². The maximum absolute atomic E-state index is 6.05. The van der Waals surface area contributed by atoms with Crippen LogP contribution < -0.4 is 5.73 Å². The minimum Gasteiger partial charge on any atom is -0.369 e. The van der Waals surface area contributed by atoms with Crippen LogP contribution in [-0.2, 0) is 0 Å². The van der Waals surface area contributed by atoms with Gasteiger partial charge in [-0.25, -0.2) is 4.98 Å². The van der Waals surface area contributed by atoms with Crippen molar-refractivity contribution in [2.24, 2.45) is 0 Å². The molecule has 0 spiro atoms. The zero-order chi connectivity index (χ0) is 12.7. The van der Waals surface area contributed by atoms with Gasteiger partial charge in [-0.15, -0.1) is 0 Å². The third kappa shape index (κ3) is 1.77. The summed E-state index contributed by atoms with van der Waals surface area (Å²) in [6.45, 7) is 2.07. The van der Waals surface area contributed by atoms with Crippen molar-refractivity contribution in [1.82, 2.24) is 9.55 Å². The summed E-state index contributed by atoms with van der Waals surface area (Å²) in [5, 5.41) is 0. The van der Waals surface area contributed by atoms with Gasteiger partial charge in [0, 0.05) is 3.57 Å². The van der Waals surface area contributed by atoms with Crippen LogP contribution in [0.15, 0.2) is 42.5 Å². The summed E-state index contributed by atoms with van der Waals surface area (Å²) in [6, 6.07) is 14.3. The van der Waals surface area contributed by atoms with Crippen molar-refractivity contribution in [3.8, 4) is 5.69 Å². The van der Waals surface area contributed by atoms with E-state index >= 15 is 0 Å². The predicted molar refractivity (Wildman–Crippen MR) is 82.9 cm³/mol. The molecular formula is C14H12IN3. The van der Waals surface area contributed by atoms with E-state index in [1.807, 2.05) is 22.8 Å². The van der Waals surface area contributed by atoms with Gasteiger partial charge < -0.3 is 5.73 Å². The van der Waals surface area contributed by atoms with Gasteiger partial charge in [0.2, 0.25) is 5.95 Å². The first-order chi connectivity index (χ1) is 8.66. The number of nitrogens with two attached hydrogens (primary N) is 1. The van der Waals surface area contributed by atoms with E-state index in [-0.39, 0.29) is 0 Å². The standard InChI is InChI=1S/C14H12IN3/c1-9-6-7-11-13(8-9)18(14(16)17-11)12-5-3-2-4-10(12)15/h2-8H,1H3,(H2,16,17). The Balaban J connectivity index is 2.38. The molecule has 0 atom stereocenters. The van der Waals surface area contributed by atoms with Crippen LogP contribution in [-0.4, -0.2) is 9.55 Å². The van der Waals surface area contributed by atoms with Crippen LogP contribution in [0, 0.1) is 10.5 Å². The average Bonchev–Trinajstić information content (AvgIpc) is 2.66. The fourth-order valence-electron chi connectivity index (χ4n) is 2.09. The van der Waals surface area contributed by atoms with Gasteiger partial charge in [-0.05, 0) is 59.3 Å². The van der Waals surface area contributed by atoms with Gasteiger partial charge in [-0.2, -0.15) is 0 Å². The SMILES string of the molecule is Cc1ccc2nc(N)n(-c3ccccc3I)c2c1. The van der Waals surface area contributed by atoms with Crippen molar-refractivity contribution in [1.29, 1.82) is 0 Å². The molecule has 3 rings (SSSR count). The van der Waals surface area contributed by atoms with E-state index in [4.69, 9.17) is 5.73 Å². The summed E-state index contributed by atoms with van der Waals surface area (Å²) < 4.78 is 3.16. The van der Waals surface area contributed by atoms with Crippen LogP contribution in [0.25, 0.3) is 16.7 Å². The summed E-state index contributed by atoms with van der Waals surface area (Å²) in [5.41, 5.74) is 10.3. The lowest BCUT2D eigenvalue weighted by Gasteiger charge is -2.08. The molecule has 0 unspecified atom stereocenters. The van der Waals surface area contributed by atoms with E-state index in [0.29, 0.717) is 5.95 Å². The summed E-state index contributed by atoms with van der Waals surface area (Å²) in [7, 11) is 0. The van der Waals surface area contributed by atoms with Crippen molar-refractivity contribution in [3.05, 3.63) is 51.6 Å². The van der Waals surface area contributed by atoms with E-state index in [0.717, 1.165) is 20.3 Å². The molecule has 0 aliphatic heterocycles. The highest BCUT2D eigenvalue weighted by Gasteiger charge is 2.11. The third-order valence-corrected chi connectivity index (χ3v) is 3.84. The quantitative estimate of drug-likeness (QED) is 0.683. The van der Waals surface area contributed by atoms with Gasteiger partial charge in [-0.1, -0.05) is 18.2 Å². The monoisotopic (exact) mass is 349 g/mol. The molecule has 0 fully saturated rings. The number of halogens is 1. The minimum atomic E-state index is 0.528.